The molecule has 0 aromatic heterocycles. The molecule has 4 nitrogen and oxygen atoms in total. The summed E-state index contributed by atoms with van der Waals surface area (Å²) in [5, 5.41) is 21.0. The highest BCUT2D eigenvalue weighted by atomic mass is 79.9. The van der Waals surface area contributed by atoms with Crippen LogP contribution in [0.5, 0.6) is 0 Å². The van der Waals surface area contributed by atoms with Crippen LogP contribution in [0, 0.1) is 0 Å². The lowest BCUT2D eigenvalue weighted by Gasteiger charge is -2.15. The van der Waals surface area contributed by atoms with Gasteiger partial charge in [0.05, 0.1) is 19.3 Å². The molecule has 1 atom stereocenters. The van der Waals surface area contributed by atoms with Crippen molar-refractivity contribution < 1.29 is 14.9 Å². The third-order valence-electron chi connectivity index (χ3n) is 2.15. The number of hydrogen-bond acceptors (Lipinski definition) is 4. The fourth-order valence-electron chi connectivity index (χ4n) is 1.31. The van der Waals surface area contributed by atoms with Crippen molar-refractivity contribution in [3.8, 4) is 0 Å². The maximum absolute atomic E-state index is 9.25. The lowest BCUT2D eigenvalue weighted by Crippen LogP contribution is -2.23. The Kier molecular flexibility index (Phi) is 5.76. The van der Waals surface area contributed by atoms with Gasteiger partial charge in [0.15, 0.2) is 0 Å². The number of hydrogen-bond donors (Lipinski definition) is 3. The van der Waals surface area contributed by atoms with Gasteiger partial charge in [0, 0.05) is 29.4 Å². The van der Waals surface area contributed by atoms with E-state index in [0.29, 0.717) is 13.2 Å². The van der Waals surface area contributed by atoms with Crippen LogP contribution >= 0.6 is 15.9 Å². The Morgan fingerprint density at radius 3 is 2.88 bits per heavy atom. The molecule has 0 saturated heterocycles. The Morgan fingerprint density at radius 2 is 2.25 bits per heavy atom. The van der Waals surface area contributed by atoms with Crippen LogP contribution in [0.1, 0.15) is 5.56 Å². The summed E-state index contributed by atoms with van der Waals surface area (Å²) in [5.74, 6) is 0. The average molecular weight is 290 g/mol. The zero-order valence-electron chi connectivity index (χ0n) is 9.11. The molecule has 0 fully saturated rings. The van der Waals surface area contributed by atoms with Crippen LogP contribution in [0.3, 0.4) is 0 Å². The van der Waals surface area contributed by atoms with E-state index in [4.69, 9.17) is 9.84 Å². The molecule has 0 aliphatic carbocycles. The van der Waals surface area contributed by atoms with Crippen molar-refractivity contribution in [3.05, 3.63) is 28.2 Å². The monoisotopic (exact) mass is 289 g/mol. The summed E-state index contributed by atoms with van der Waals surface area (Å²) in [4.78, 5) is 0. The molecule has 0 heterocycles. The van der Waals surface area contributed by atoms with Crippen LogP contribution in [0.4, 0.5) is 5.69 Å². The van der Waals surface area contributed by atoms with Gasteiger partial charge in [0.25, 0.3) is 0 Å². The van der Waals surface area contributed by atoms with Gasteiger partial charge in [-0.05, 0) is 12.1 Å². The van der Waals surface area contributed by atoms with Crippen molar-refractivity contribution in [2.45, 2.75) is 12.7 Å². The molecule has 0 aliphatic rings. The summed E-state index contributed by atoms with van der Waals surface area (Å²) in [6.45, 7) is 0.545. The maximum Gasteiger partial charge on any atom is 0.0942 e. The molecule has 90 valence electrons. The Morgan fingerprint density at radius 1 is 1.50 bits per heavy atom. The standard InChI is InChI=1S/C11H16BrNO3/c1-16-7-9-10(12)3-2-4-11(9)13-5-8(15)6-14/h2-4,8,13-15H,5-7H2,1H3. The molecule has 0 aliphatic heterocycles. The van der Waals surface area contributed by atoms with Crippen LogP contribution in [0.15, 0.2) is 22.7 Å². The van der Waals surface area contributed by atoms with Crippen molar-refractivity contribution in [2.75, 3.05) is 25.6 Å². The molecule has 16 heavy (non-hydrogen) atoms. The molecule has 1 aromatic rings. The van der Waals surface area contributed by atoms with Crippen LogP contribution in [0.25, 0.3) is 0 Å². The number of methoxy groups -OCH3 is 1. The van der Waals surface area contributed by atoms with Gasteiger partial charge in [-0.1, -0.05) is 22.0 Å². The minimum atomic E-state index is -0.755. The molecule has 0 spiro atoms. The fraction of sp³-hybridized carbons (Fsp3) is 0.455. The van der Waals surface area contributed by atoms with Crippen molar-refractivity contribution in [2.24, 2.45) is 0 Å². The summed E-state index contributed by atoms with van der Waals surface area (Å²) >= 11 is 3.44. The normalized spacial score (nSPS) is 12.5. The average Bonchev–Trinajstić information content (AvgIpc) is 2.29. The van der Waals surface area contributed by atoms with Crippen molar-refractivity contribution in [1.82, 2.24) is 0 Å². The smallest absolute Gasteiger partial charge is 0.0942 e. The van der Waals surface area contributed by atoms with E-state index in [9.17, 15) is 5.11 Å². The number of aliphatic hydroxyl groups is 2. The molecular formula is C11H16BrNO3. The van der Waals surface area contributed by atoms with Gasteiger partial charge in [-0.2, -0.15) is 0 Å². The van der Waals surface area contributed by atoms with Crippen LogP contribution < -0.4 is 5.32 Å². The second-order valence-corrected chi connectivity index (χ2v) is 4.27. The van der Waals surface area contributed by atoms with Gasteiger partial charge in [-0.25, -0.2) is 0 Å². The fourth-order valence-corrected chi connectivity index (χ4v) is 1.79. The molecule has 0 saturated carbocycles. The molecule has 0 amide bonds. The van der Waals surface area contributed by atoms with E-state index in [1.807, 2.05) is 18.2 Å². The molecule has 0 radical (unpaired) electrons. The second kappa shape index (κ2) is 6.85. The first-order valence-corrected chi connectivity index (χ1v) is 5.77. The van der Waals surface area contributed by atoms with Gasteiger partial charge >= 0.3 is 0 Å². The highest BCUT2D eigenvalue weighted by Crippen LogP contribution is 2.25. The Balaban J connectivity index is 2.74. The number of aliphatic hydroxyl groups excluding tert-OH is 2. The Labute approximate surface area is 103 Å². The summed E-state index contributed by atoms with van der Waals surface area (Å²) in [5.41, 5.74) is 1.89. The van der Waals surface area contributed by atoms with E-state index >= 15 is 0 Å². The van der Waals surface area contributed by atoms with E-state index in [0.717, 1.165) is 15.7 Å². The second-order valence-electron chi connectivity index (χ2n) is 3.42. The quantitative estimate of drug-likeness (QED) is 0.740. The minimum absolute atomic E-state index is 0.249. The van der Waals surface area contributed by atoms with Gasteiger partial charge in [0.2, 0.25) is 0 Å². The number of anilines is 1. The molecular weight excluding hydrogens is 274 g/mol. The van der Waals surface area contributed by atoms with E-state index < -0.39 is 6.10 Å². The SMILES string of the molecule is COCc1c(Br)cccc1NCC(O)CO. The Hall–Kier alpha value is -0.620. The highest BCUT2D eigenvalue weighted by molar-refractivity contribution is 9.10. The van der Waals surface area contributed by atoms with Gasteiger partial charge in [-0.15, -0.1) is 0 Å². The highest BCUT2D eigenvalue weighted by Gasteiger charge is 2.07. The maximum atomic E-state index is 9.25. The Bertz CT molecular complexity index is 333. The molecule has 5 heteroatoms. The number of benzene rings is 1. The topological polar surface area (TPSA) is 61.7 Å². The number of halogens is 1. The van der Waals surface area contributed by atoms with E-state index in [-0.39, 0.29) is 6.61 Å². The van der Waals surface area contributed by atoms with Gasteiger partial charge in [-0.3, -0.25) is 0 Å². The predicted octanol–water partition coefficient (Wildman–Crippen LogP) is 1.36. The van der Waals surface area contributed by atoms with Gasteiger partial charge in [0.1, 0.15) is 0 Å². The molecule has 0 bridgehead atoms. The minimum Gasteiger partial charge on any atom is -0.394 e. The lowest BCUT2D eigenvalue weighted by molar-refractivity contribution is 0.105. The zero-order valence-corrected chi connectivity index (χ0v) is 10.7. The van der Waals surface area contributed by atoms with E-state index in [1.54, 1.807) is 7.11 Å². The molecule has 1 unspecified atom stereocenters. The van der Waals surface area contributed by atoms with Crippen molar-refractivity contribution in [3.63, 3.8) is 0 Å². The first-order valence-electron chi connectivity index (χ1n) is 4.98. The van der Waals surface area contributed by atoms with E-state index in [1.165, 1.54) is 0 Å². The van der Waals surface area contributed by atoms with Crippen molar-refractivity contribution >= 4 is 21.6 Å². The molecule has 1 rings (SSSR count). The number of nitrogens with one attached hydrogen (secondary N) is 1. The lowest BCUT2D eigenvalue weighted by atomic mass is 10.2. The number of ether oxygens (including phenoxy) is 1. The van der Waals surface area contributed by atoms with Crippen LogP contribution in [-0.2, 0) is 11.3 Å². The number of rotatable bonds is 6. The summed E-state index contributed by atoms with van der Waals surface area (Å²) < 4.78 is 6.06. The summed E-state index contributed by atoms with van der Waals surface area (Å²) in [7, 11) is 1.63. The third-order valence-corrected chi connectivity index (χ3v) is 2.89. The van der Waals surface area contributed by atoms with Gasteiger partial charge < -0.3 is 20.3 Å². The predicted molar refractivity (Wildman–Crippen MR) is 66.4 cm³/mol. The van der Waals surface area contributed by atoms with Crippen LogP contribution in [-0.4, -0.2) is 36.6 Å². The van der Waals surface area contributed by atoms with E-state index in [2.05, 4.69) is 21.2 Å². The van der Waals surface area contributed by atoms with Crippen molar-refractivity contribution in [1.29, 1.82) is 0 Å². The molecule has 3 N–H and O–H groups in total. The molecule has 1 aromatic carbocycles. The third kappa shape index (κ3) is 3.75. The first-order chi connectivity index (χ1) is 7.69. The van der Waals surface area contributed by atoms with Crippen LogP contribution in [0.2, 0.25) is 0 Å². The largest absolute Gasteiger partial charge is 0.394 e. The summed E-state index contributed by atoms with van der Waals surface area (Å²) in [6.07, 6.45) is -0.755. The summed E-state index contributed by atoms with van der Waals surface area (Å²) in [6, 6.07) is 5.74. The zero-order chi connectivity index (χ0) is 12.0. The first kappa shape index (κ1) is 13.4.